The molecule has 0 N–H and O–H groups in total. The van der Waals surface area contributed by atoms with Crippen molar-refractivity contribution < 1.29 is 4.42 Å². The summed E-state index contributed by atoms with van der Waals surface area (Å²) in [7, 11) is 0. The summed E-state index contributed by atoms with van der Waals surface area (Å²) in [4.78, 5) is 10.1. The van der Waals surface area contributed by atoms with Gasteiger partial charge in [0.2, 0.25) is 0 Å². The smallest absolute Gasteiger partial charge is 0.252 e. The van der Waals surface area contributed by atoms with Crippen molar-refractivity contribution in [1.29, 1.82) is 0 Å². The molecule has 2 aliphatic heterocycles. The maximum absolute atomic E-state index is 6.90. The number of anilines is 12. The molecular weight excluding hydrogens is 1090 g/mol. The SMILES string of the molecule is CC(C)(C)c1ccc(N(c2ccc(C(C)(C)C)cc2)c2cc3c4c(c2)N(c2ccccc2-c2cc5ccccc5o2)c2ccc(C(C)(C)C)cc2B4c2ccc(N(c4ccccc4)c4ccccc4)cc2N3c2ccc(C(C)(C)C)cc2-c2ccccc2)cc1. The Morgan fingerprint density at radius 3 is 1.30 bits per heavy atom. The number of para-hydroxylation sites is 4. The molecule has 0 saturated heterocycles. The molecule has 444 valence electrons. The summed E-state index contributed by atoms with van der Waals surface area (Å²) in [5, 5.41) is 1.07. The highest BCUT2D eigenvalue weighted by Crippen LogP contribution is 2.53. The van der Waals surface area contributed by atoms with Crippen molar-refractivity contribution in [3.05, 3.63) is 283 Å². The van der Waals surface area contributed by atoms with Gasteiger partial charge in [-0.1, -0.05) is 229 Å². The summed E-state index contributed by atoms with van der Waals surface area (Å²) in [6.07, 6.45) is 0. The van der Waals surface area contributed by atoms with Crippen molar-refractivity contribution in [2.45, 2.75) is 105 Å². The minimum atomic E-state index is -0.197. The lowest BCUT2D eigenvalue weighted by atomic mass is 9.33. The first-order valence-electron chi connectivity index (χ1n) is 31.9. The van der Waals surface area contributed by atoms with Crippen LogP contribution in [0.15, 0.2) is 265 Å². The third kappa shape index (κ3) is 10.5. The Bertz CT molecular complexity index is 4510. The van der Waals surface area contributed by atoms with Crippen LogP contribution < -0.4 is 36.0 Å². The number of hydrogen-bond acceptors (Lipinski definition) is 5. The molecule has 0 saturated carbocycles. The standard InChI is InChI=1S/C84H79BN4O/c1-81(2,3)58-36-42-64(43-37-58)87(65-44-38-59(39-45-65)82(4,5)6)67-54-76-80-77(55-67)89(73-48-40-60(83(7,8)9)51-69(73)56-26-16-13-17-27-56)75-53-66(86(62-29-18-14-19-30-62)63-31-20-15-21-32-63)46-47-70(75)85(80)71-52-61(84(10,11)12)41-49-74(71)88(76)72-34-24-23-33-68(72)79-50-57-28-22-25-35-78(57)90-79/h13-55H,1-12H3. The highest BCUT2D eigenvalue weighted by molar-refractivity contribution is 7.00. The predicted molar refractivity (Wildman–Crippen MR) is 385 cm³/mol. The van der Waals surface area contributed by atoms with Gasteiger partial charge in [-0.25, -0.2) is 0 Å². The van der Waals surface area contributed by atoms with E-state index in [1.807, 2.05) is 0 Å². The maximum atomic E-state index is 6.90. The van der Waals surface area contributed by atoms with Gasteiger partial charge in [-0.2, -0.15) is 0 Å². The number of furan rings is 1. The van der Waals surface area contributed by atoms with Crippen molar-refractivity contribution >= 4 is 102 Å². The first-order valence-corrected chi connectivity index (χ1v) is 31.9. The van der Waals surface area contributed by atoms with Crippen molar-refractivity contribution in [1.82, 2.24) is 0 Å². The van der Waals surface area contributed by atoms with Gasteiger partial charge in [0.15, 0.2) is 0 Å². The molecule has 11 aromatic carbocycles. The third-order valence-corrected chi connectivity index (χ3v) is 18.5. The average Bonchev–Trinajstić information content (AvgIpc) is 0.743. The van der Waals surface area contributed by atoms with Crippen LogP contribution in [0.3, 0.4) is 0 Å². The van der Waals surface area contributed by atoms with Gasteiger partial charge in [0, 0.05) is 67.7 Å². The fraction of sp³-hybridized carbons (Fsp3) is 0.190. The summed E-state index contributed by atoms with van der Waals surface area (Å²) < 4.78 is 6.90. The Morgan fingerprint density at radius 1 is 0.300 bits per heavy atom. The van der Waals surface area contributed by atoms with Gasteiger partial charge < -0.3 is 24.0 Å². The second-order valence-corrected chi connectivity index (χ2v) is 28.7. The van der Waals surface area contributed by atoms with Gasteiger partial charge >= 0.3 is 0 Å². The summed E-state index contributed by atoms with van der Waals surface area (Å²) >= 11 is 0. The van der Waals surface area contributed by atoms with E-state index in [0.29, 0.717) is 0 Å². The van der Waals surface area contributed by atoms with E-state index < -0.39 is 0 Å². The zero-order valence-corrected chi connectivity index (χ0v) is 54.1. The molecule has 6 heteroatoms. The minimum Gasteiger partial charge on any atom is -0.456 e. The van der Waals surface area contributed by atoms with Crippen molar-refractivity contribution in [3.63, 3.8) is 0 Å². The Morgan fingerprint density at radius 2 is 0.733 bits per heavy atom. The largest absolute Gasteiger partial charge is 0.456 e. The minimum absolute atomic E-state index is 0.0426. The monoisotopic (exact) mass is 1170 g/mol. The molecule has 0 amide bonds. The van der Waals surface area contributed by atoms with Crippen LogP contribution >= 0.6 is 0 Å². The Labute approximate surface area is 533 Å². The van der Waals surface area contributed by atoms with E-state index in [4.69, 9.17) is 4.42 Å². The van der Waals surface area contributed by atoms with Crippen molar-refractivity contribution in [2.75, 3.05) is 19.6 Å². The van der Waals surface area contributed by atoms with Crippen LogP contribution in [-0.2, 0) is 21.7 Å². The average molecular weight is 1170 g/mol. The zero-order chi connectivity index (χ0) is 62.4. The van der Waals surface area contributed by atoms with Crippen LogP contribution in [0, 0.1) is 0 Å². The highest BCUT2D eigenvalue weighted by Gasteiger charge is 2.46. The summed E-state index contributed by atoms with van der Waals surface area (Å²) in [5.74, 6) is 0.818. The summed E-state index contributed by atoms with van der Waals surface area (Å²) in [6.45, 7) is 27.6. The number of hydrogen-bond donors (Lipinski definition) is 0. The van der Waals surface area contributed by atoms with E-state index in [9.17, 15) is 0 Å². The van der Waals surface area contributed by atoms with Crippen LogP contribution in [0.5, 0.6) is 0 Å². The van der Waals surface area contributed by atoms with Crippen LogP contribution in [-0.4, -0.2) is 6.71 Å². The molecule has 12 aromatic rings. The van der Waals surface area contributed by atoms with Gasteiger partial charge in [-0.05, 0) is 181 Å². The molecule has 1 aromatic heterocycles. The molecule has 0 unspecified atom stereocenters. The van der Waals surface area contributed by atoms with Crippen LogP contribution in [0.2, 0.25) is 0 Å². The fourth-order valence-electron chi connectivity index (χ4n) is 13.5. The normalized spacial score (nSPS) is 13.0. The Kier molecular flexibility index (Phi) is 14.2. The lowest BCUT2D eigenvalue weighted by molar-refractivity contribution is 0.590. The van der Waals surface area contributed by atoms with Gasteiger partial charge in [0.1, 0.15) is 11.3 Å². The van der Waals surface area contributed by atoms with Crippen LogP contribution in [0.4, 0.5) is 68.2 Å². The second-order valence-electron chi connectivity index (χ2n) is 28.7. The molecule has 0 spiro atoms. The van der Waals surface area contributed by atoms with Gasteiger partial charge in [0.25, 0.3) is 6.71 Å². The molecule has 5 nitrogen and oxygen atoms in total. The number of rotatable bonds is 10. The molecule has 2 aliphatic rings. The molecule has 0 atom stereocenters. The van der Waals surface area contributed by atoms with Gasteiger partial charge in [-0.15, -0.1) is 0 Å². The van der Waals surface area contributed by atoms with E-state index >= 15 is 0 Å². The molecular formula is C84H79BN4O. The highest BCUT2D eigenvalue weighted by atomic mass is 16.3. The van der Waals surface area contributed by atoms with Crippen molar-refractivity contribution in [3.8, 4) is 22.5 Å². The molecule has 14 rings (SSSR count). The first-order chi connectivity index (χ1) is 43.2. The molecule has 3 heterocycles. The van der Waals surface area contributed by atoms with Gasteiger partial charge in [-0.3, -0.25) is 0 Å². The number of fused-ring (bicyclic) bond motifs is 5. The van der Waals surface area contributed by atoms with Crippen molar-refractivity contribution in [2.24, 2.45) is 0 Å². The fourth-order valence-corrected chi connectivity index (χ4v) is 13.5. The summed E-state index contributed by atoms with van der Waals surface area (Å²) in [6, 6.07) is 97.5. The van der Waals surface area contributed by atoms with E-state index in [1.165, 1.54) is 38.6 Å². The number of benzene rings is 11. The lowest BCUT2D eigenvalue weighted by Crippen LogP contribution is -2.61. The number of nitrogens with zero attached hydrogens (tertiary/aromatic N) is 4. The van der Waals surface area contributed by atoms with Crippen LogP contribution in [0.25, 0.3) is 33.4 Å². The second kappa shape index (κ2) is 22.1. The van der Waals surface area contributed by atoms with E-state index in [2.05, 4.69) is 364 Å². The molecule has 0 aliphatic carbocycles. The predicted octanol–water partition coefficient (Wildman–Crippen LogP) is 22.0. The van der Waals surface area contributed by atoms with E-state index in [1.54, 1.807) is 0 Å². The maximum Gasteiger partial charge on any atom is 0.252 e. The lowest BCUT2D eigenvalue weighted by Gasteiger charge is -2.46. The summed E-state index contributed by atoms with van der Waals surface area (Å²) in [5.41, 5.74) is 25.6. The van der Waals surface area contributed by atoms with E-state index in [-0.39, 0.29) is 28.4 Å². The van der Waals surface area contributed by atoms with Crippen LogP contribution in [0.1, 0.15) is 105 Å². The molecule has 90 heavy (non-hydrogen) atoms. The molecule has 0 fully saturated rings. The molecule has 0 radical (unpaired) electrons. The Balaban J connectivity index is 1.15. The van der Waals surface area contributed by atoms with E-state index in [0.717, 1.165) is 102 Å². The zero-order valence-electron chi connectivity index (χ0n) is 54.1. The van der Waals surface area contributed by atoms with Gasteiger partial charge in [0.05, 0.1) is 17.1 Å². The topological polar surface area (TPSA) is 26.1 Å². The molecule has 0 bridgehead atoms. The third-order valence-electron chi connectivity index (χ3n) is 18.5. The quantitative estimate of drug-likeness (QED) is 0.127. The Hall–Kier alpha value is -9.78. The first kappa shape index (κ1) is 57.9.